The van der Waals surface area contributed by atoms with Crippen LogP contribution in [0.3, 0.4) is 0 Å². The lowest BCUT2D eigenvalue weighted by Gasteiger charge is -2.07. The maximum absolute atomic E-state index is 9.47. The largest absolute Gasteiger partial charge is 0.508 e. The summed E-state index contributed by atoms with van der Waals surface area (Å²) in [5, 5.41) is 12.6. The Morgan fingerprint density at radius 2 is 2.06 bits per heavy atom. The van der Waals surface area contributed by atoms with Gasteiger partial charge in [0.1, 0.15) is 11.6 Å². The highest BCUT2D eigenvalue weighted by molar-refractivity contribution is 5.67. The number of benzene rings is 1. The van der Waals surface area contributed by atoms with Crippen molar-refractivity contribution in [2.75, 3.05) is 5.32 Å². The number of aryl methyl sites for hydroxylation is 1. The minimum Gasteiger partial charge on any atom is -0.508 e. The van der Waals surface area contributed by atoms with Crippen LogP contribution in [0.4, 0.5) is 5.82 Å². The van der Waals surface area contributed by atoms with E-state index in [0.717, 1.165) is 22.5 Å². The molecule has 0 amide bonds. The molecule has 0 aliphatic heterocycles. The minimum atomic E-state index is 0.265. The van der Waals surface area contributed by atoms with Crippen molar-refractivity contribution in [1.29, 1.82) is 0 Å². The Morgan fingerprint density at radius 3 is 2.72 bits per heavy atom. The molecule has 1 aromatic heterocycles. The van der Waals surface area contributed by atoms with Crippen LogP contribution in [0.5, 0.6) is 5.75 Å². The van der Waals surface area contributed by atoms with Crippen molar-refractivity contribution >= 4 is 5.82 Å². The Bertz CT molecular complexity index is 576. The van der Waals surface area contributed by atoms with Gasteiger partial charge in [-0.3, -0.25) is 0 Å². The highest BCUT2D eigenvalue weighted by atomic mass is 16.3. The lowest BCUT2D eigenvalue weighted by molar-refractivity contribution is 0.475. The van der Waals surface area contributed by atoms with Crippen LogP contribution < -0.4 is 5.32 Å². The van der Waals surface area contributed by atoms with Crippen molar-refractivity contribution in [1.82, 2.24) is 4.98 Å². The molecular formula is C15H16N2O. The number of hydrogen-bond acceptors (Lipinski definition) is 3. The Kier molecular flexibility index (Phi) is 3.63. The molecule has 2 rings (SSSR count). The monoisotopic (exact) mass is 240 g/mol. The number of allylic oxidation sites excluding steroid dienone is 1. The Hall–Kier alpha value is -2.29. The van der Waals surface area contributed by atoms with Crippen molar-refractivity contribution in [2.24, 2.45) is 0 Å². The molecule has 0 atom stereocenters. The third-order valence-corrected chi connectivity index (χ3v) is 2.64. The smallest absolute Gasteiger partial charge is 0.132 e. The van der Waals surface area contributed by atoms with Crippen molar-refractivity contribution < 1.29 is 5.11 Å². The average molecular weight is 240 g/mol. The third-order valence-electron chi connectivity index (χ3n) is 2.64. The molecule has 0 radical (unpaired) electrons. The summed E-state index contributed by atoms with van der Waals surface area (Å²) in [4.78, 5) is 4.38. The van der Waals surface area contributed by atoms with Gasteiger partial charge in [-0.1, -0.05) is 18.2 Å². The average Bonchev–Trinajstić information content (AvgIpc) is 2.37. The molecular weight excluding hydrogens is 224 g/mol. The zero-order valence-corrected chi connectivity index (χ0v) is 10.5. The van der Waals surface area contributed by atoms with Crippen LogP contribution in [0.15, 0.2) is 48.8 Å². The number of aromatic nitrogens is 1. The topological polar surface area (TPSA) is 45.2 Å². The fraction of sp³-hybridized carbons (Fsp3) is 0.133. The Morgan fingerprint density at radius 1 is 1.22 bits per heavy atom. The van der Waals surface area contributed by atoms with Crippen LogP contribution in [0.2, 0.25) is 0 Å². The highest BCUT2D eigenvalue weighted by Gasteiger charge is 2.03. The summed E-state index contributed by atoms with van der Waals surface area (Å²) in [5.74, 6) is 1.11. The van der Waals surface area contributed by atoms with E-state index >= 15 is 0 Å². The normalized spacial score (nSPS) is 10.8. The maximum Gasteiger partial charge on any atom is 0.132 e. The zero-order chi connectivity index (χ0) is 13.0. The molecule has 0 bridgehead atoms. The summed E-state index contributed by atoms with van der Waals surface area (Å²) in [6, 6.07) is 9.22. The number of phenols is 1. The van der Waals surface area contributed by atoms with Crippen LogP contribution in [0, 0.1) is 6.92 Å². The Labute approximate surface area is 107 Å². The van der Waals surface area contributed by atoms with Crippen molar-refractivity contribution in [3.63, 3.8) is 0 Å². The SMILES string of the molecule is C/C=C/Nc1ncc(-c2cccc(O)c2)cc1C. The van der Waals surface area contributed by atoms with Gasteiger partial charge in [0.05, 0.1) is 0 Å². The lowest BCUT2D eigenvalue weighted by atomic mass is 10.1. The summed E-state index contributed by atoms with van der Waals surface area (Å²) in [7, 11) is 0. The van der Waals surface area contributed by atoms with Gasteiger partial charge in [-0.25, -0.2) is 4.98 Å². The van der Waals surface area contributed by atoms with Crippen LogP contribution in [0.1, 0.15) is 12.5 Å². The summed E-state index contributed by atoms with van der Waals surface area (Å²) in [6.45, 7) is 3.95. The summed E-state index contributed by atoms with van der Waals surface area (Å²) in [6.07, 6.45) is 5.57. The molecule has 18 heavy (non-hydrogen) atoms. The molecule has 2 aromatic rings. The molecule has 3 nitrogen and oxygen atoms in total. The first-order chi connectivity index (χ1) is 8.70. The predicted molar refractivity (Wildman–Crippen MR) is 74.5 cm³/mol. The van der Waals surface area contributed by atoms with E-state index in [1.807, 2.05) is 44.3 Å². The van der Waals surface area contributed by atoms with E-state index in [9.17, 15) is 5.11 Å². The molecule has 0 aliphatic carbocycles. The van der Waals surface area contributed by atoms with Gasteiger partial charge >= 0.3 is 0 Å². The standard InChI is InChI=1S/C15H16N2O/c1-3-7-16-15-11(2)8-13(10-17-15)12-5-4-6-14(18)9-12/h3-10,18H,1-2H3,(H,16,17)/b7-3+. The number of hydrogen-bond donors (Lipinski definition) is 2. The second-order valence-electron chi connectivity index (χ2n) is 4.08. The third kappa shape index (κ3) is 2.69. The predicted octanol–water partition coefficient (Wildman–Crippen LogP) is 3.71. The Balaban J connectivity index is 2.34. The van der Waals surface area contributed by atoms with Gasteiger partial charge in [0.15, 0.2) is 0 Å². The maximum atomic E-state index is 9.47. The van der Waals surface area contributed by atoms with Crippen LogP contribution >= 0.6 is 0 Å². The highest BCUT2D eigenvalue weighted by Crippen LogP contribution is 2.25. The molecule has 0 fully saturated rings. The van der Waals surface area contributed by atoms with Gasteiger partial charge in [-0.2, -0.15) is 0 Å². The first kappa shape index (κ1) is 12.2. The number of anilines is 1. The summed E-state index contributed by atoms with van der Waals surface area (Å²) < 4.78 is 0. The van der Waals surface area contributed by atoms with E-state index in [4.69, 9.17) is 0 Å². The van der Waals surface area contributed by atoms with Crippen LogP contribution in [-0.2, 0) is 0 Å². The van der Waals surface area contributed by atoms with Crippen LogP contribution in [-0.4, -0.2) is 10.1 Å². The van der Waals surface area contributed by atoms with Gasteiger partial charge < -0.3 is 10.4 Å². The number of pyridine rings is 1. The first-order valence-corrected chi connectivity index (χ1v) is 5.84. The van der Waals surface area contributed by atoms with Gasteiger partial charge in [0.25, 0.3) is 0 Å². The summed E-state index contributed by atoms with van der Waals surface area (Å²) >= 11 is 0. The molecule has 2 N–H and O–H groups in total. The van der Waals surface area contributed by atoms with Gasteiger partial charge in [0, 0.05) is 11.8 Å². The molecule has 0 saturated carbocycles. The van der Waals surface area contributed by atoms with E-state index in [-0.39, 0.29) is 5.75 Å². The molecule has 3 heteroatoms. The van der Waals surface area contributed by atoms with E-state index in [1.165, 1.54) is 0 Å². The van der Waals surface area contributed by atoms with Gasteiger partial charge in [-0.05, 0) is 49.4 Å². The second-order valence-corrected chi connectivity index (χ2v) is 4.08. The van der Waals surface area contributed by atoms with E-state index < -0.39 is 0 Å². The molecule has 0 spiro atoms. The molecule has 0 saturated heterocycles. The molecule has 1 aromatic carbocycles. The van der Waals surface area contributed by atoms with Crippen molar-refractivity contribution in [3.05, 3.63) is 54.4 Å². The zero-order valence-electron chi connectivity index (χ0n) is 10.5. The lowest BCUT2D eigenvalue weighted by Crippen LogP contribution is -1.95. The van der Waals surface area contributed by atoms with Crippen LogP contribution in [0.25, 0.3) is 11.1 Å². The fourth-order valence-electron chi connectivity index (χ4n) is 1.73. The number of phenolic OH excluding ortho intramolecular Hbond substituents is 1. The van der Waals surface area contributed by atoms with E-state index in [2.05, 4.69) is 10.3 Å². The first-order valence-electron chi connectivity index (χ1n) is 5.84. The van der Waals surface area contributed by atoms with Crippen molar-refractivity contribution in [3.8, 4) is 16.9 Å². The molecule has 1 heterocycles. The number of aromatic hydroxyl groups is 1. The molecule has 0 unspecified atom stereocenters. The van der Waals surface area contributed by atoms with E-state index in [0.29, 0.717) is 0 Å². The molecule has 0 aliphatic rings. The molecule has 92 valence electrons. The number of nitrogens with zero attached hydrogens (tertiary/aromatic N) is 1. The number of rotatable bonds is 3. The fourth-order valence-corrected chi connectivity index (χ4v) is 1.73. The minimum absolute atomic E-state index is 0.265. The summed E-state index contributed by atoms with van der Waals surface area (Å²) in [5.41, 5.74) is 3.02. The van der Waals surface area contributed by atoms with E-state index in [1.54, 1.807) is 18.3 Å². The van der Waals surface area contributed by atoms with Gasteiger partial charge in [0.2, 0.25) is 0 Å². The second kappa shape index (κ2) is 5.36. The number of nitrogens with one attached hydrogen (secondary N) is 1. The quantitative estimate of drug-likeness (QED) is 0.859. The van der Waals surface area contributed by atoms with Crippen molar-refractivity contribution in [2.45, 2.75) is 13.8 Å². The van der Waals surface area contributed by atoms with Gasteiger partial charge in [-0.15, -0.1) is 0 Å².